The van der Waals surface area contributed by atoms with E-state index in [1.54, 1.807) is 6.07 Å². The van der Waals surface area contributed by atoms with Crippen molar-refractivity contribution in [1.82, 2.24) is 20.4 Å². The Balaban J connectivity index is 1.87. The molecule has 1 atom stereocenters. The van der Waals surface area contributed by atoms with Gasteiger partial charge in [0.15, 0.2) is 5.82 Å². The van der Waals surface area contributed by atoms with Crippen LogP contribution in [-0.2, 0) is 0 Å². The Morgan fingerprint density at radius 2 is 2.25 bits per heavy atom. The SMILES string of the molecule is Cc1nnc(N2CCC[C@@H](c3cc(C(N)=O)n[nH]3)C2)c(C#N)c1C. The summed E-state index contributed by atoms with van der Waals surface area (Å²) in [6.07, 6.45) is 1.92. The number of aromatic amines is 1. The van der Waals surface area contributed by atoms with Gasteiger partial charge in [0.25, 0.3) is 5.91 Å². The van der Waals surface area contributed by atoms with Crippen molar-refractivity contribution in [2.75, 3.05) is 18.0 Å². The number of nitrogens with zero attached hydrogens (tertiary/aromatic N) is 5. The van der Waals surface area contributed by atoms with E-state index >= 15 is 0 Å². The van der Waals surface area contributed by atoms with E-state index in [0.717, 1.165) is 36.3 Å². The molecule has 0 saturated carbocycles. The first-order valence-electron chi connectivity index (χ1n) is 7.85. The Labute approximate surface area is 139 Å². The van der Waals surface area contributed by atoms with E-state index in [1.807, 2.05) is 13.8 Å². The van der Waals surface area contributed by atoms with Crippen LogP contribution in [0.5, 0.6) is 0 Å². The van der Waals surface area contributed by atoms with Crippen LogP contribution in [0.25, 0.3) is 0 Å². The second-order valence-electron chi connectivity index (χ2n) is 6.08. The molecule has 0 radical (unpaired) electrons. The first-order valence-corrected chi connectivity index (χ1v) is 7.85. The Morgan fingerprint density at radius 3 is 2.92 bits per heavy atom. The van der Waals surface area contributed by atoms with Crippen LogP contribution in [0.3, 0.4) is 0 Å². The summed E-state index contributed by atoms with van der Waals surface area (Å²) >= 11 is 0. The predicted molar refractivity (Wildman–Crippen MR) is 87.5 cm³/mol. The number of H-pyrrole nitrogens is 1. The quantitative estimate of drug-likeness (QED) is 0.872. The summed E-state index contributed by atoms with van der Waals surface area (Å²) in [5, 5.41) is 24.8. The zero-order valence-electron chi connectivity index (χ0n) is 13.7. The molecule has 3 heterocycles. The van der Waals surface area contributed by atoms with E-state index in [2.05, 4.69) is 31.4 Å². The number of nitrogens with two attached hydrogens (primary N) is 1. The van der Waals surface area contributed by atoms with E-state index in [0.29, 0.717) is 17.9 Å². The average molecular weight is 325 g/mol. The molecule has 24 heavy (non-hydrogen) atoms. The lowest BCUT2D eigenvalue weighted by Crippen LogP contribution is -2.36. The molecule has 124 valence electrons. The molecular formula is C16H19N7O. The van der Waals surface area contributed by atoms with Crippen molar-refractivity contribution in [2.45, 2.75) is 32.6 Å². The topological polar surface area (TPSA) is 125 Å². The zero-order chi connectivity index (χ0) is 17.3. The highest BCUT2D eigenvalue weighted by atomic mass is 16.1. The summed E-state index contributed by atoms with van der Waals surface area (Å²) in [4.78, 5) is 13.3. The largest absolute Gasteiger partial charge is 0.364 e. The van der Waals surface area contributed by atoms with Crippen molar-refractivity contribution in [1.29, 1.82) is 5.26 Å². The van der Waals surface area contributed by atoms with Gasteiger partial charge in [0.1, 0.15) is 17.3 Å². The van der Waals surface area contributed by atoms with Gasteiger partial charge >= 0.3 is 0 Å². The third-order valence-corrected chi connectivity index (χ3v) is 4.56. The number of hydrogen-bond donors (Lipinski definition) is 2. The first kappa shape index (κ1) is 15.9. The van der Waals surface area contributed by atoms with Crippen molar-refractivity contribution in [3.63, 3.8) is 0 Å². The van der Waals surface area contributed by atoms with Crippen LogP contribution in [0.1, 0.15) is 51.8 Å². The Kier molecular flexibility index (Phi) is 4.16. The van der Waals surface area contributed by atoms with Gasteiger partial charge in [-0.2, -0.15) is 15.5 Å². The summed E-state index contributed by atoms with van der Waals surface area (Å²) in [7, 11) is 0. The second kappa shape index (κ2) is 6.28. The number of primary amides is 1. The lowest BCUT2D eigenvalue weighted by molar-refractivity contribution is 0.0995. The maximum Gasteiger partial charge on any atom is 0.269 e. The van der Waals surface area contributed by atoms with Gasteiger partial charge in [-0.15, -0.1) is 5.10 Å². The van der Waals surface area contributed by atoms with Gasteiger partial charge < -0.3 is 10.6 Å². The van der Waals surface area contributed by atoms with Gasteiger partial charge in [0.05, 0.1) is 5.69 Å². The molecule has 0 aromatic carbocycles. The van der Waals surface area contributed by atoms with Crippen LogP contribution >= 0.6 is 0 Å². The highest BCUT2D eigenvalue weighted by Gasteiger charge is 2.27. The number of nitriles is 1. The summed E-state index contributed by atoms with van der Waals surface area (Å²) in [6, 6.07) is 3.95. The Morgan fingerprint density at radius 1 is 1.46 bits per heavy atom. The molecule has 0 bridgehead atoms. The van der Waals surface area contributed by atoms with Gasteiger partial charge in [-0.25, -0.2) is 0 Å². The molecule has 1 saturated heterocycles. The number of carbonyl (C=O) groups excluding carboxylic acids is 1. The Bertz CT molecular complexity index is 820. The molecule has 0 aliphatic carbocycles. The maximum absolute atomic E-state index is 11.2. The third-order valence-electron chi connectivity index (χ3n) is 4.56. The molecule has 2 aromatic rings. The minimum atomic E-state index is -0.544. The van der Waals surface area contributed by atoms with Crippen LogP contribution in [0.2, 0.25) is 0 Å². The number of aryl methyl sites for hydroxylation is 1. The smallest absolute Gasteiger partial charge is 0.269 e. The number of piperidine rings is 1. The lowest BCUT2D eigenvalue weighted by atomic mass is 9.94. The molecule has 1 fully saturated rings. The number of amides is 1. The van der Waals surface area contributed by atoms with Crippen LogP contribution in [0.4, 0.5) is 5.82 Å². The predicted octanol–water partition coefficient (Wildman–Crippen LogP) is 1.17. The number of hydrogen-bond acceptors (Lipinski definition) is 6. The fraction of sp³-hybridized carbons (Fsp3) is 0.438. The molecule has 2 aromatic heterocycles. The summed E-state index contributed by atoms with van der Waals surface area (Å²) in [5.74, 6) is 0.256. The summed E-state index contributed by atoms with van der Waals surface area (Å²) in [5.41, 5.74) is 8.58. The van der Waals surface area contributed by atoms with E-state index in [-0.39, 0.29) is 11.6 Å². The van der Waals surface area contributed by atoms with Gasteiger partial charge in [-0.1, -0.05) is 0 Å². The van der Waals surface area contributed by atoms with Crippen molar-refractivity contribution >= 4 is 11.7 Å². The molecule has 0 spiro atoms. The van der Waals surface area contributed by atoms with Crippen LogP contribution in [0.15, 0.2) is 6.07 Å². The van der Waals surface area contributed by atoms with Crippen molar-refractivity contribution < 1.29 is 4.79 Å². The molecule has 1 amide bonds. The van der Waals surface area contributed by atoms with E-state index < -0.39 is 5.91 Å². The van der Waals surface area contributed by atoms with Crippen LogP contribution in [-0.4, -0.2) is 39.4 Å². The van der Waals surface area contributed by atoms with Gasteiger partial charge in [0.2, 0.25) is 0 Å². The van der Waals surface area contributed by atoms with E-state index in [4.69, 9.17) is 5.73 Å². The molecule has 3 rings (SSSR count). The van der Waals surface area contributed by atoms with Gasteiger partial charge in [0, 0.05) is 24.7 Å². The van der Waals surface area contributed by atoms with Gasteiger partial charge in [-0.05, 0) is 38.3 Å². The fourth-order valence-corrected chi connectivity index (χ4v) is 3.05. The second-order valence-corrected chi connectivity index (χ2v) is 6.08. The van der Waals surface area contributed by atoms with Crippen molar-refractivity contribution in [3.05, 3.63) is 34.3 Å². The minimum Gasteiger partial charge on any atom is -0.364 e. The Hall–Kier alpha value is -2.95. The summed E-state index contributed by atoms with van der Waals surface area (Å²) < 4.78 is 0. The van der Waals surface area contributed by atoms with Crippen LogP contribution in [0, 0.1) is 25.2 Å². The third kappa shape index (κ3) is 2.80. The zero-order valence-corrected chi connectivity index (χ0v) is 13.7. The standard InChI is InChI=1S/C16H19N7O/c1-9-10(2)19-22-16(12(9)7-17)23-5-3-4-11(8-23)13-6-14(15(18)24)21-20-13/h6,11H,3-5,8H2,1-2H3,(H2,18,24)(H,20,21)/t11-/m1/s1. The number of aromatic nitrogens is 4. The maximum atomic E-state index is 11.2. The van der Waals surface area contributed by atoms with E-state index in [1.165, 1.54) is 0 Å². The highest BCUT2D eigenvalue weighted by Crippen LogP contribution is 2.30. The molecule has 0 unspecified atom stereocenters. The monoisotopic (exact) mass is 325 g/mol. The number of nitrogens with one attached hydrogen (secondary N) is 1. The molecule has 8 nitrogen and oxygen atoms in total. The average Bonchev–Trinajstić information content (AvgIpc) is 3.07. The molecule has 8 heteroatoms. The number of anilines is 1. The normalized spacial score (nSPS) is 17.5. The first-order chi connectivity index (χ1) is 11.5. The van der Waals surface area contributed by atoms with Crippen molar-refractivity contribution in [3.8, 4) is 6.07 Å². The minimum absolute atomic E-state index is 0.175. The number of rotatable bonds is 3. The molecule has 1 aliphatic heterocycles. The van der Waals surface area contributed by atoms with Crippen LogP contribution < -0.4 is 10.6 Å². The number of carbonyl (C=O) groups is 1. The molecular weight excluding hydrogens is 306 g/mol. The van der Waals surface area contributed by atoms with Crippen molar-refractivity contribution in [2.24, 2.45) is 5.73 Å². The lowest BCUT2D eigenvalue weighted by Gasteiger charge is -2.33. The molecule has 3 N–H and O–H groups in total. The van der Waals surface area contributed by atoms with E-state index in [9.17, 15) is 10.1 Å². The molecule has 1 aliphatic rings. The highest BCUT2D eigenvalue weighted by molar-refractivity contribution is 5.90. The van der Waals surface area contributed by atoms with Gasteiger partial charge in [-0.3, -0.25) is 9.89 Å². The summed E-state index contributed by atoms with van der Waals surface area (Å²) in [6.45, 7) is 5.24. The fourth-order valence-electron chi connectivity index (χ4n) is 3.05.